The highest BCUT2D eigenvalue weighted by Gasteiger charge is 2.10. The molecule has 0 saturated heterocycles. The number of anilines is 2. The van der Waals surface area contributed by atoms with Gasteiger partial charge in [-0.15, -0.1) is 0 Å². The average Bonchev–Trinajstić information content (AvgIpc) is 2.18. The third kappa shape index (κ3) is 3.13. The molecule has 0 aliphatic carbocycles. The highest BCUT2D eigenvalue weighted by Crippen LogP contribution is 2.18. The molecule has 0 aromatic carbocycles. The second-order valence-corrected chi connectivity index (χ2v) is 3.67. The van der Waals surface area contributed by atoms with Gasteiger partial charge in [0, 0.05) is 18.8 Å². The van der Waals surface area contributed by atoms with Crippen LogP contribution in [0.1, 0.15) is 20.3 Å². The molecule has 0 saturated carbocycles. The maximum Gasteiger partial charge on any atom is 0.0640 e. The van der Waals surface area contributed by atoms with Gasteiger partial charge < -0.3 is 10.6 Å². The Hall–Kier alpha value is -1.76. The number of aromatic nitrogens is 1. The van der Waals surface area contributed by atoms with Crippen molar-refractivity contribution in [3.05, 3.63) is 18.5 Å². The zero-order chi connectivity index (χ0) is 11.3. The van der Waals surface area contributed by atoms with E-state index in [9.17, 15) is 0 Å². The van der Waals surface area contributed by atoms with E-state index in [0.29, 0.717) is 24.7 Å². The first-order valence-electron chi connectivity index (χ1n) is 4.99. The number of nitrogens with zero attached hydrogens (tertiary/aromatic N) is 3. The normalized spacial score (nSPS) is 10.0. The monoisotopic (exact) mass is 204 g/mol. The van der Waals surface area contributed by atoms with Gasteiger partial charge in [0.1, 0.15) is 0 Å². The maximum absolute atomic E-state index is 8.58. The number of rotatable bonds is 4. The Morgan fingerprint density at radius 2 is 2.27 bits per heavy atom. The topological polar surface area (TPSA) is 65.9 Å². The molecule has 1 aromatic heterocycles. The second kappa shape index (κ2) is 5.20. The maximum atomic E-state index is 8.58. The molecule has 80 valence electrons. The lowest BCUT2D eigenvalue weighted by Gasteiger charge is -2.27. The van der Waals surface area contributed by atoms with Crippen molar-refractivity contribution in [1.29, 1.82) is 5.26 Å². The van der Waals surface area contributed by atoms with E-state index in [-0.39, 0.29) is 0 Å². The molecule has 4 heteroatoms. The lowest BCUT2D eigenvalue weighted by atomic mass is 10.2. The number of nitrogen functional groups attached to an aromatic ring is 1. The van der Waals surface area contributed by atoms with Crippen LogP contribution in [-0.2, 0) is 0 Å². The fourth-order valence-electron chi connectivity index (χ4n) is 1.46. The molecular weight excluding hydrogens is 188 g/mol. The summed E-state index contributed by atoms with van der Waals surface area (Å²) in [5.74, 6) is 0. The van der Waals surface area contributed by atoms with Crippen LogP contribution >= 0.6 is 0 Å². The van der Waals surface area contributed by atoms with Gasteiger partial charge >= 0.3 is 0 Å². The lowest BCUT2D eigenvalue weighted by Crippen LogP contribution is -2.31. The largest absolute Gasteiger partial charge is 0.397 e. The molecule has 4 nitrogen and oxygen atoms in total. The number of hydrogen-bond donors (Lipinski definition) is 1. The summed E-state index contributed by atoms with van der Waals surface area (Å²) in [4.78, 5) is 6.16. The Kier molecular flexibility index (Phi) is 3.92. The first-order chi connectivity index (χ1) is 7.15. The van der Waals surface area contributed by atoms with Crippen LogP contribution < -0.4 is 10.6 Å². The van der Waals surface area contributed by atoms with E-state index in [1.165, 1.54) is 0 Å². The van der Waals surface area contributed by atoms with E-state index in [1.807, 2.05) is 6.07 Å². The van der Waals surface area contributed by atoms with Crippen LogP contribution in [0.25, 0.3) is 0 Å². The Morgan fingerprint density at radius 1 is 1.53 bits per heavy atom. The standard InChI is InChI=1S/C11H16N4/c1-9(2)15(5-3-4-12)11-6-10(13)7-14-8-11/h6-9H,3,5,13H2,1-2H3. The molecule has 0 aliphatic rings. The first kappa shape index (κ1) is 11.3. The van der Waals surface area contributed by atoms with Gasteiger partial charge in [-0.05, 0) is 19.9 Å². The summed E-state index contributed by atoms with van der Waals surface area (Å²) in [6.45, 7) is 4.88. The summed E-state index contributed by atoms with van der Waals surface area (Å²) < 4.78 is 0. The summed E-state index contributed by atoms with van der Waals surface area (Å²) in [5, 5.41) is 8.58. The van der Waals surface area contributed by atoms with Crippen LogP contribution in [0.15, 0.2) is 18.5 Å². The van der Waals surface area contributed by atoms with Crippen molar-refractivity contribution in [3.63, 3.8) is 0 Å². The molecule has 0 unspecified atom stereocenters. The third-order valence-corrected chi connectivity index (χ3v) is 2.16. The fraction of sp³-hybridized carbons (Fsp3) is 0.455. The Balaban J connectivity index is 2.84. The molecule has 1 heterocycles. The quantitative estimate of drug-likeness (QED) is 0.812. The molecule has 0 spiro atoms. The van der Waals surface area contributed by atoms with Gasteiger partial charge in [-0.2, -0.15) is 5.26 Å². The van der Waals surface area contributed by atoms with Crippen molar-refractivity contribution < 1.29 is 0 Å². The van der Waals surface area contributed by atoms with Gasteiger partial charge in [-0.1, -0.05) is 0 Å². The molecule has 1 rings (SSSR count). The molecule has 0 atom stereocenters. The molecule has 1 aromatic rings. The van der Waals surface area contributed by atoms with E-state index in [2.05, 4.69) is 29.8 Å². The van der Waals surface area contributed by atoms with Gasteiger partial charge in [0.25, 0.3) is 0 Å². The average molecular weight is 204 g/mol. The van der Waals surface area contributed by atoms with Gasteiger partial charge in [0.15, 0.2) is 0 Å². The van der Waals surface area contributed by atoms with Gasteiger partial charge in [0.05, 0.1) is 30.1 Å². The highest BCUT2D eigenvalue weighted by atomic mass is 15.2. The van der Waals surface area contributed by atoms with E-state index >= 15 is 0 Å². The van der Waals surface area contributed by atoms with Crippen LogP contribution in [0.4, 0.5) is 11.4 Å². The zero-order valence-corrected chi connectivity index (χ0v) is 9.14. The van der Waals surface area contributed by atoms with E-state index in [1.54, 1.807) is 12.4 Å². The van der Waals surface area contributed by atoms with Crippen molar-refractivity contribution in [1.82, 2.24) is 4.98 Å². The SMILES string of the molecule is CC(C)N(CCC#N)c1cncc(N)c1. The first-order valence-corrected chi connectivity index (χ1v) is 4.99. The summed E-state index contributed by atoms with van der Waals surface area (Å²) >= 11 is 0. The van der Waals surface area contributed by atoms with Crippen molar-refractivity contribution in [2.75, 3.05) is 17.2 Å². The van der Waals surface area contributed by atoms with E-state index < -0.39 is 0 Å². The minimum atomic E-state index is 0.335. The van der Waals surface area contributed by atoms with Crippen molar-refractivity contribution in [3.8, 4) is 6.07 Å². The molecule has 0 aliphatic heterocycles. The molecular formula is C11H16N4. The number of pyridine rings is 1. The molecule has 15 heavy (non-hydrogen) atoms. The summed E-state index contributed by atoms with van der Waals surface area (Å²) in [7, 11) is 0. The van der Waals surface area contributed by atoms with E-state index in [0.717, 1.165) is 5.69 Å². The van der Waals surface area contributed by atoms with Crippen LogP contribution in [-0.4, -0.2) is 17.6 Å². The van der Waals surface area contributed by atoms with Crippen molar-refractivity contribution in [2.45, 2.75) is 26.3 Å². The molecule has 0 radical (unpaired) electrons. The summed E-state index contributed by atoms with van der Waals surface area (Å²) in [6, 6.07) is 4.36. The van der Waals surface area contributed by atoms with Crippen LogP contribution in [0, 0.1) is 11.3 Å². The van der Waals surface area contributed by atoms with Crippen LogP contribution in [0.5, 0.6) is 0 Å². The predicted molar refractivity (Wildman–Crippen MR) is 61.4 cm³/mol. The zero-order valence-electron chi connectivity index (χ0n) is 9.14. The molecule has 0 amide bonds. The number of nitrogens with two attached hydrogens (primary N) is 1. The predicted octanol–water partition coefficient (Wildman–Crippen LogP) is 1.79. The highest BCUT2D eigenvalue weighted by molar-refractivity contribution is 5.53. The third-order valence-electron chi connectivity index (χ3n) is 2.16. The Bertz CT molecular complexity index is 354. The number of nitriles is 1. The lowest BCUT2D eigenvalue weighted by molar-refractivity contribution is 0.685. The van der Waals surface area contributed by atoms with Crippen molar-refractivity contribution >= 4 is 11.4 Å². The van der Waals surface area contributed by atoms with E-state index in [4.69, 9.17) is 11.0 Å². The Morgan fingerprint density at radius 3 is 2.80 bits per heavy atom. The summed E-state index contributed by atoms with van der Waals surface area (Å²) in [5.41, 5.74) is 7.29. The Labute approximate surface area is 90.3 Å². The van der Waals surface area contributed by atoms with Crippen LogP contribution in [0.2, 0.25) is 0 Å². The second-order valence-electron chi connectivity index (χ2n) is 3.67. The smallest absolute Gasteiger partial charge is 0.0640 e. The molecule has 2 N–H and O–H groups in total. The molecule has 0 bridgehead atoms. The van der Waals surface area contributed by atoms with Gasteiger partial charge in [-0.3, -0.25) is 4.98 Å². The minimum absolute atomic E-state index is 0.335. The van der Waals surface area contributed by atoms with Crippen LogP contribution in [0.3, 0.4) is 0 Å². The minimum Gasteiger partial charge on any atom is -0.397 e. The number of hydrogen-bond acceptors (Lipinski definition) is 4. The van der Waals surface area contributed by atoms with Gasteiger partial charge in [0.2, 0.25) is 0 Å². The van der Waals surface area contributed by atoms with Crippen molar-refractivity contribution in [2.24, 2.45) is 0 Å². The van der Waals surface area contributed by atoms with Gasteiger partial charge in [-0.25, -0.2) is 0 Å². The summed E-state index contributed by atoms with van der Waals surface area (Å²) in [6.07, 6.45) is 3.90. The molecule has 0 fully saturated rings. The fourth-order valence-corrected chi connectivity index (χ4v) is 1.46.